The lowest BCUT2D eigenvalue weighted by Gasteiger charge is -1.93. The molecule has 0 unspecified atom stereocenters. The molecule has 58 valence electrons. The van der Waals surface area contributed by atoms with Crippen molar-refractivity contribution in [1.82, 2.24) is 0 Å². The zero-order valence-corrected chi connectivity index (χ0v) is 6.04. The molecule has 0 fully saturated rings. The molecule has 3 nitrogen and oxygen atoms in total. The second kappa shape index (κ2) is 6.29. The average Bonchev–Trinajstić information content (AvgIpc) is 1.89. The summed E-state index contributed by atoms with van der Waals surface area (Å²) in [4.78, 5) is 10.6. The predicted molar refractivity (Wildman–Crippen MR) is 37.2 cm³/mol. The number of hydrogen-bond donors (Lipinski definition) is 1. The molecule has 0 rings (SSSR count). The SMILES string of the molecule is CCCC(=O)OC=CCO. The molecular formula is C7H12O3. The van der Waals surface area contributed by atoms with Crippen LogP contribution in [-0.4, -0.2) is 17.7 Å². The van der Waals surface area contributed by atoms with Crippen molar-refractivity contribution in [2.45, 2.75) is 19.8 Å². The van der Waals surface area contributed by atoms with Crippen LogP contribution in [0.5, 0.6) is 0 Å². The van der Waals surface area contributed by atoms with Gasteiger partial charge in [0.05, 0.1) is 12.9 Å². The molecule has 0 atom stereocenters. The number of hydrogen-bond acceptors (Lipinski definition) is 3. The van der Waals surface area contributed by atoms with Gasteiger partial charge in [-0.25, -0.2) is 0 Å². The van der Waals surface area contributed by atoms with E-state index in [0.717, 1.165) is 6.42 Å². The van der Waals surface area contributed by atoms with Crippen molar-refractivity contribution in [1.29, 1.82) is 0 Å². The third-order valence-electron chi connectivity index (χ3n) is 0.855. The number of esters is 1. The van der Waals surface area contributed by atoms with Gasteiger partial charge < -0.3 is 9.84 Å². The number of rotatable bonds is 4. The second-order valence-corrected chi connectivity index (χ2v) is 1.79. The number of aliphatic hydroxyl groups is 1. The van der Waals surface area contributed by atoms with E-state index in [1.165, 1.54) is 12.3 Å². The molecule has 0 spiro atoms. The predicted octanol–water partition coefficient (Wildman–Crippen LogP) is 0.836. The standard InChI is InChI=1S/C7H12O3/c1-2-4-7(9)10-6-3-5-8/h3,6,8H,2,4-5H2,1H3. The first kappa shape index (κ1) is 9.17. The van der Waals surface area contributed by atoms with Crippen LogP contribution in [0.4, 0.5) is 0 Å². The highest BCUT2D eigenvalue weighted by molar-refractivity contribution is 5.69. The summed E-state index contributed by atoms with van der Waals surface area (Å²) in [5.74, 6) is -0.257. The molecule has 10 heavy (non-hydrogen) atoms. The van der Waals surface area contributed by atoms with Gasteiger partial charge >= 0.3 is 5.97 Å². The Morgan fingerprint density at radius 2 is 2.40 bits per heavy atom. The summed E-state index contributed by atoms with van der Waals surface area (Å²) < 4.78 is 4.54. The molecule has 0 saturated carbocycles. The van der Waals surface area contributed by atoms with Crippen LogP contribution in [0.2, 0.25) is 0 Å². The number of ether oxygens (including phenoxy) is 1. The van der Waals surface area contributed by atoms with Gasteiger partial charge in [-0.15, -0.1) is 0 Å². The van der Waals surface area contributed by atoms with Crippen molar-refractivity contribution >= 4 is 5.97 Å². The Morgan fingerprint density at radius 3 is 2.90 bits per heavy atom. The lowest BCUT2D eigenvalue weighted by molar-refractivity contribution is -0.138. The van der Waals surface area contributed by atoms with E-state index >= 15 is 0 Å². The fourth-order valence-electron chi connectivity index (χ4n) is 0.430. The van der Waals surface area contributed by atoms with Crippen molar-refractivity contribution in [2.75, 3.05) is 6.61 Å². The Morgan fingerprint density at radius 1 is 1.70 bits per heavy atom. The first-order valence-electron chi connectivity index (χ1n) is 3.26. The zero-order valence-electron chi connectivity index (χ0n) is 6.04. The molecule has 0 saturated heterocycles. The largest absolute Gasteiger partial charge is 0.435 e. The molecule has 0 aliphatic heterocycles. The quantitative estimate of drug-likeness (QED) is 0.469. The first-order chi connectivity index (χ1) is 4.81. The molecule has 0 aromatic heterocycles. The van der Waals surface area contributed by atoms with Crippen molar-refractivity contribution in [3.8, 4) is 0 Å². The number of carbonyl (C=O) groups is 1. The molecule has 0 aliphatic carbocycles. The molecule has 0 heterocycles. The molecule has 0 aromatic rings. The van der Waals surface area contributed by atoms with Gasteiger partial charge in [0.15, 0.2) is 0 Å². The molecule has 1 N–H and O–H groups in total. The highest BCUT2D eigenvalue weighted by Gasteiger charge is 1.95. The van der Waals surface area contributed by atoms with E-state index in [0.29, 0.717) is 6.42 Å². The summed E-state index contributed by atoms with van der Waals surface area (Å²) in [5, 5.41) is 8.23. The van der Waals surface area contributed by atoms with E-state index in [9.17, 15) is 4.79 Å². The Labute approximate surface area is 60.3 Å². The van der Waals surface area contributed by atoms with Crippen LogP contribution in [0.1, 0.15) is 19.8 Å². The van der Waals surface area contributed by atoms with Crippen molar-refractivity contribution in [3.63, 3.8) is 0 Å². The fourth-order valence-corrected chi connectivity index (χ4v) is 0.430. The average molecular weight is 144 g/mol. The number of aliphatic hydroxyl groups excluding tert-OH is 1. The molecule has 0 amide bonds. The highest BCUT2D eigenvalue weighted by atomic mass is 16.5. The minimum atomic E-state index is -0.257. The van der Waals surface area contributed by atoms with Crippen molar-refractivity contribution < 1.29 is 14.6 Å². The van der Waals surface area contributed by atoms with Crippen LogP contribution < -0.4 is 0 Å². The minimum Gasteiger partial charge on any atom is -0.435 e. The highest BCUT2D eigenvalue weighted by Crippen LogP contribution is 1.90. The third kappa shape index (κ3) is 5.31. The maximum atomic E-state index is 10.6. The second-order valence-electron chi connectivity index (χ2n) is 1.79. The van der Waals surface area contributed by atoms with E-state index in [-0.39, 0.29) is 12.6 Å². The summed E-state index contributed by atoms with van der Waals surface area (Å²) in [5.41, 5.74) is 0. The Kier molecular flexibility index (Phi) is 5.77. The van der Waals surface area contributed by atoms with Gasteiger partial charge in [0.2, 0.25) is 0 Å². The topological polar surface area (TPSA) is 46.5 Å². The van der Waals surface area contributed by atoms with E-state index in [1.807, 2.05) is 6.92 Å². The van der Waals surface area contributed by atoms with Gasteiger partial charge in [0.1, 0.15) is 0 Å². The van der Waals surface area contributed by atoms with Gasteiger partial charge in [-0.2, -0.15) is 0 Å². The minimum absolute atomic E-state index is 0.0978. The van der Waals surface area contributed by atoms with Crippen LogP contribution in [0.3, 0.4) is 0 Å². The van der Waals surface area contributed by atoms with Gasteiger partial charge in [0.25, 0.3) is 0 Å². The lowest BCUT2D eigenvalue weighted by atomic mass is 10.3. The van der Waals surface area contributed by atoms with Gasteiger partial charge in [-0.05, 0) is 12.5 Å². The van der Waals surface area contributed by atoms with E-state index in [4.69, 9.17) is 5.11 Å². The zero-order chi connectivity index (χ0) is 7.82. The fraction of sp³-hybridized carbons (Fsp3) is 0.571. The summed E-state index contributed by atoms with van der Waals surface area (Å²) in [7, 11) is 0. The maximum Gasteiger partial charge on any atom is 0.310 e. The molecule has 0 radical (unpaired) electrons. The number of carbonyl (C=O) groups excluding carboxylic acids is 1. The Balaban J connectivity index is 3.30. The van der Waals surface area contributed by atoms with Crippen molar-refractivity contribution in [3.05, 3.63) is 12.3 Å². The van der Waals surface area contributed by atoms with Crippen LogP contribution in [0.25, 0.3) is 0 Å². The summed E-state index contributed by atoms with van der Waals surface area (Å²) in [6.45, 7) is 1.80. The third-order valence-corrected chi connectivity index (χ3v) is 0.855. The molecular weight excluding hydrogens is 132 g/mol. The molecule has 3 heteroatoms. The van der Waals surface area contributed by atoms with Crippen LogP contribution >= 0.6 is 0 Å². The Hall–Kier alpha value is -0.830. The first-order valence-corrected chi connectivity index (χ1v) is 3.26. The maximum absolute atomic E-state index is 10.6. The molecule has 0 aliphatic rings. The normalized spacial score (nSPS) is 10.2. The summed E-state index contributed by atoms with van der Waals surface area (Å²) >= 11 is 0. The Bertz CT molecular complexity index is 118. The van der Waals surface area contributed by atoms with E-state index in [1.54, 1.807) is 0 Å². The smallest absolute Gasteiger partial charge is 0.310 e. The molecule has 0 bridgehead atoms. The van der Waals surface area contributed by atoms with E-state index < -0.39 is 0 Å². The summed E-state index contributed by atoms with van der Waals surface area (Å²) in [6.07, 6.45) is 3.78. The van der Waals surface area contributed by atoms with Gasteiger partial charge in [0, 0.05) is 6.42 Å². The van der Waals surface area contributed by atoms with Gasteiger partial charge in [-0.1, -0.05) is 6.92 Å². The summed E-state index contributed by atoms with van der Waals surface area (Å²) in [6, 6.07) is 0. The van der Waals surface area contributed by atoms with Crippen LogP contribution in [0, 0.1) is 0 Å². The monoisotopic (exact) mass is 144 g/mol. The lowest BCUT2D eigenvalue weighted by Crippen LogP contribution is -1.97. The molecule has 0 aromatic carbocycles. The van der Waals surface area contributed by atoms with Crippen LogP contribution in [0.15, 0.2) is 12.3 Å². The van der Waals surface area contributed by atoms with Crippen molar-refractivity contribution in [2.24, 2.45) is 0 Å². The van der Waals surface area contributed by atoms with Gasteiger partial charge in [-0.3, -0.25) is 4.79 Å². The van der Waals surface area contributed by atoms with Crippen LogP contribution in [-0.2, 0) is 9.53 Å². The van der Waals surface area contributed by atoms with E-state index in [2.05, 4.69) is 4.74 Å².